The highest BCUT2D eigenvalue weighted by atomic mass is 32.2. The zero-order valence-corrected chi connectivity index (χ0v) is 16.0. The molecule has 6 nitrogen and oxygen atoms in total. The molecule has 0 amide bonds. The molecule has 1 aromatic carbocycles. The molecule has 1 spiro atoms. The third-order valence-corrected chi connectivity index (χ3v) is 8.26. The van der Waals surface area contributed by atoms with E-state index in [-0.39, 0.29) is 6.04 Å². The van der Waals surface area contributed by atoms with Gasteiger partial charge in [0.25, 0.3) is 5.79 Å². The van der Waals surface area contributed by atoms with Crippen molar-refractivity contribution in [3.8, 4) is 5.75 Å². The summed E-state index contributed by atoms with van der Waals surface area (Å²) in [7, 11) is 1.61. The smallest absolute Gasteiger partial charge is 0.365 e. The molecule has 2 aromatic rings. The number of aliphatic hydroxyl groups is 1. The summed E-state index contributed by atoms with van der Waals surface area (Å²) in [5, 5.41) is 12.5. The van der Waals surface area contributed by atoms with Crippen LogP contribution in [0, 0.1) is 11.8 Å². The van der Waals surface area contributed by atoms with Gasteiger partial charge in [-0.3, -0.25) is 4.98 Å². The van der Waals surface area contributed by atoms with Crippen molar-refractivity contribution in [1.29, 1.82) is 0 Å². The molecule has 6 rings (SSSR count). The number of methoxy groups -OCH3 is 1. The molecule has 1 N–H and O–H groups in total. The molecule has 0 aliphatic carbocycles. The van der Waals surface area contributed by atoms with Crippen molar-refractivity contribution in [2.75, 3.05) is 20.2 Å². The van der Waals surface area contributed by atoms with Gasteiger partial charge in [-0.05, 0) is 30.2 Å². The first-order chi connectivity index (χ1) is 13.0. The summed E-state index contributed by atoms with van der Waals surface area (Å²) in [6.45, 7) is 5.43. The van der Waals surface area contributed by atoms with Gasteiger partial charge in [-0.15, -0.1) is 6.58 Å². The lowest BCUT2D eigenvalue weighted by molar-refractivity contribution is -0.854. The van der Waals surface area contributed by atoms with Gasteiger partial charge in [0.2, 0.25) is 0 Å². The van der Waals surface area contributed by atoms with Gasteiger partial charge in [0.1, 0.15) is 12.3 Å². The molecule has 4 aliphatic rings. The van der Waals surface area contributed by atoms with E-state index in [1.165, 1.54) is 0 Å². The van der Waals surface area contributed by atoms with Crippen molar-refractivity contribution in [2.24, 2.45) is 11.8 Å². The molecule has 6 atom stereocenters. The maximum Gasteiger partial charge on any atom is 0.365 e. The summed E-state index contributed by atoms with van der Waals surface area (Å²) >= 11 is -1.61. The minimum Gasteiger partial charge on any atom is -0.497 e. The predicted octanol–water partition coefficient (Wildman–Crippen LogP) is 2.41. The van der Waals surface area contributed by atoms with E-state index in [9.17, 15) is 9.32 Å². The van der Waals surface area contributed by atoms with Crippen LogP contribution >= 0.6 is 0 Å². The maximum absolute atomic E-state index is 13.1. The second-order valence-electron chi connectivity index (χ2n) is 7.80. The van der Waals surface area contributed by atoms with E-state index in [1.807, 2.05) is 24.3 Å². The number of hydrogen-bond acceptors (Lipinski definition) is 5. The Balaban J connectivity index is 1.67. The number of hydrogen-bond donors (Lipinski definition) is 1. The Labute approximate surface area is 160 Å². The van der Waals surface area contributed by atoms with E-state index in [1.54, 1.807) is 19.4 Å². The van der Waals surface area contributed by atoms with Gasteiger partial charge in [0, 0.05) is 35.9 Å². The van der Waals surface area contributed by atoms with Crippen LogP contribution in [0.3, 0.4) is 0 Å². The lowest BCUT2D eigenvalue weighted by Gasteiger charge is -2.51. The first-order valence-electron chi connectivity index (χ1n) is 9.29. The highest BCUT2D eigenvalue weighted by Gasteiger charge is 2.70. The fourth-order valence-electron chi connectivity index (χ4n) is 5.26. The first kappa shape index (κ1) is 17.3. The minimum atomic E-state index is -1.61. The molecule has 5 unspecified atom stereocenters. The molecule has 0 saturated carbocycles. The zero-order valence-electron chi connectivity index (χ0n) is 15.2. The Morgan fingerprint density at radius 3 is 3.11 bits per heavy atom. The van der Waals surface area contributed by atoms with E-state index in [4.69, 9.17) is 8.92 Å². The molecular formula is C20H23N2O4S+. The van der Waals surface area contributed by atoms with Crippen LogP contribution < -0.4 is 4.74 Å². The lowest BCUT2D eigenvalue weighted by Crippen LogP contribution is -2.67. The molecule has 4 aliphatic heterocycles. The van der Waals surface area contributed by atoms with Crippen molar-refractivity contribution >= 4 is 22.2 Å². The quantitative estimate of drug-likeness (QED) is 0.647. The Kier molecular flexibility index (Phi) is 3.75. The fourth-order valence-corrected chi connectivity index (χ4v) is 6.81. The van der Waals surface area contributed by atoms with Crippen molar-refractivity contribution in [3.63, 3.8) is 0 Å². The van der Waals surface area contributed by atoms with Crippen LogP contribution in [0.1, 0.15) is 18.4 Å². The zero-order chi connectivity index (χ0) is 18.8. The van der Waals surface area contributed by atoms with Crippen molar-refractivity contribution in [2.45, 2.75) is 24.7 Å². The standard InChI is InChI=1S/C20H23N2O4S/c1-3-13-12-22-9-7-14(13)10-19(22)20(23,26-27(22)24)17-6-8-21-18-5-4-15(25-2)11-16(17)18/h3-6,8,11,13-14,19,23H,1,7,9-10,12H2,2H3/q+1/t13?,14?,19?,20-,22?,27?/m1/s1. The molecule has 27 heavy (non-hydrogen) atoms. The Morgan fingerprint density at radius 2 is 2.33 bits per heavy atom. The topological polar surface area (TPSA) is 68.7 Å². The molecular weight excluding hydrogens is 364 g/mol. The Hall–Kier alpha value is -1.80. The fraction of sp³-hybridized carbons (Fsp3) is 0.450. The number of pyridine rings is 1. The summed E-state index contributed by atoms with van der Waals surface area (Å²) < 4.78 is 24.7. The summed E-state index contributed by atoms with van der Waals surface area (Å²) in [6.07, 6.45) is 5.40. The van der Waals surface area contributed by atoms with E-state index >= 15 is 0 Å². The molecule has 142 valence electrons. The number of rotatable bonds is 3. The third-order valence-electron chi connectivity index (χ3n) is 6.68. The normalized spacial score (nSPS) is 40.1. The van der Waals surface area contributed by atoms with Crippen LogP contribution in [0.5, 0.6) is 5.75 Å². The number of quaternary nitrogens is 1. The van der Waals surface area contributed by atoms with Gasteiger partial charge in [-0.2, -0.15) is 8.39 Å². The summed E-state index contributed by atoms with van der Waals surface area (Å²) in [6, 6.07) is 7.07. The second-order valence-corrected chi connectivity index (χ2v) is 9.12. The minimum absolute atomic E-state index is 0.259. The van der Waals surface area contributed by atoms with Crippen molar-refractivity contribution in [1.82, 2.24) is 4.98 Å². The molecule has 1 aromatic heterocycles. The summed E-state index contributed by atoms with van der Waals surface area (Å²) in [5.41, 5.74) is 1.36. The number of aromatic nitrogens is 1. The molecule has 4 saturated heterocycles. The largest absolute Gasteiger partial charge is 0.497 e. The number of benzene rings is 1. The van der Waals surface area contributed by atoms with E-state index in [0.717, 1.165) is 30.3 Å². The summed E-state index contributed by atoms with van der Waals surface area (Å²) in [4.78, 5) is 4.40. The van der Waals surface area contributed by atoms with Gasteiger partial charge < -0.3 is 9.84 Å². The molecule has 0 radical (unpaired) electrons. The van der Waals surface area contributed by atoms with E-state index < -0.39 is 17.1 Å². The van der Waals surface area contributed by atoms with Crippen LogP contribution in [0.25, 0.3) is 10.9 Å². The Bertz CT molecular complexity index is 966. The number of piperidine rings is 3. The monoisotopic (exact) mass is 387 g/mol. The first-order valence-corrected chi connectivity index (χ1v) is 10.3. The average molecular weight is 387 g/mol. The number of ether oxygens (including phenoxy) is 1. The molecule has 4 fully saturated rings. The number of nitrogens with zero attached hydrogens (tertiary/aromatic N) is 2. The SMILES string of the molecule is C=CC1C[N+]23CCC1CC2[C@@](O)(c1ccnc2ccc(OC)cc12)OS3=O. The van der Waals surface area contributed by atoms with Gasteiger partial charge in [-0.25, -0.2) is 3.89 Å². The van der Waals surface area contributed by atoms with E-state index in [2.05, 4.69) is 11.6 Å². The van der Waals surface area contributed by atoms with Crippen molar-refractivity contribution in [3.05, 3.63) is 48.7 Å². The lowest BCUT2D eigenvalue weighted by atomic mass is 9.72. The van der Waals surface area contributed by atoms with Crippen molar-refractivity contribution < 1.29 is 22.1 Å². The van der Waals surface area contributed by atoms with E-state index in [0.29, 0.717) is 33.6 Å². The van der Waals surface area contributed by atoms with Gasteiger partial charge >= 0.3 is 11.3 Å². The van der Waals surface area contributed by atoms with Crippen LogP contribution in [0.15, 0.2) is 43.1 Å². The Morgan fingerprint density at radius 1 is 1.48 bits per heavy atom. The average Bonchev–Trinajstić information content (AvgIpc) is 2.94. The van der Waals surface area contributed by atoms with Gasteiger partial charge in [0.05, 0.1) is 19.2 Å². The summed E-state index contributed by atoms with van der Waals surface area (Å²) in [5.74, 6) is -0.163. The number of fused-ring (bicyclic) bond motifs is 3. The van der Waals surface area contributed by atoms with Crippen LogP contribution in [-0.4, -0.2) is 44.4 Å². The predicted molar refractivity (Wildman–Crippen MR) is 102 cm³/mol. The van der Waals surface area contributed by atoms with Gasteiger partial charge in [-0.1, -0.05) is 6.08 Å². The van der Waals surface area contributed by atoms with Gasteiger partial charge in [0.15, 0.2) is 6.04 Å². The van der Waals surface area contributed by atoms with Crippen LogP contribution in [0.2, 0.25) is 0 Å². The molecule has 2 bridgehead atoms. The highest BCUT2D eigenvalue weighted by molar-refractivity contribution is 7.74. The highest BCUT2D eigenvalue weighted by Crippen LogP contribution is 2.55. The van der Waals surface area contributed by atoms with Crippen LogP contribution in [-0.2, 0) is 21.2 Å². The molecule has 7 heteroatoms. The second kappa shape index (κ2) is 5.85. The molecule has 5 heterocycles. The third kappa shape index (κ3) is 2.23. The maximum atomic E-state index is 13.1. The van der Waals surface area contributed by atoms with Crippen LogP contribution in [0.4, 0.5) is 0 Å².